The van der Waals surface area contributed by atoms with Gasteiger partial charge in [0.1, 0.15) is 5.75 Å². The van der Waals surface area contributed by atoms with Crippen LogP contribution < -0.4 is 14.4 Å². The highest BCUT2D eigenvalue weighted by Gasteiger charge is 2.36. The lowest BCUT2D eigenvalue weighted by molar-refractivity contribution is -0.120. The van der Waals surface area contributed by atoms with E-state index in [9.17, 15) is 4.79 Å². The molecule has 1 atom stereocenters. The third-order valence-electron chi connectivity index (χ3n) is 5.22. The third-order valence-corrected chi connectivity index (χ3v) is 6.14. The highest BCUT2D eigenvalue weighted by Crippen LogP contribution is 2.45. The number of ether oxygens (including phenoxy) is 2. The molecule has 0 N–H and O–H groups in total. The number of thioether (sulfide) groups is 1. The Labute approximate surface area is 192 Å². The van der Waals surface area contributed by atoms with Gasteiger partial charge in [-0.05, 0) is 24.6 Å². The van der Waals surface area contributed by atoms with Crippen molar-refractivity contribution >= 4 is 23.4 Å². The quantitative estimate of drug-likeness (QED) is 0.358. The molecule has 2 aromatic carbocycles. The van der Waals surface area contributed by atoms with Crippen molar-refractivity contribution < 1.29 is 14.3 Å². The second-order valence-corrected chi connectivity index (χ2v) is 8.36. The molecule has 0 unspecified atom stereocenters. The number of nitrogens with zero attached hydrogens (tertiary/aromatic N) is 4. The number of carbonyl (C=O) groups excluding carboxylic acids is 1. The minimum Gasteiger partial charge on any atom is -0.496 e. The molecule has 0 saturated heterocycles. The van der Waals surface area contributed by atoms with Crippen molar-refractivity contribution in [3.05, 3.63) is 54.1 Å². The van der Waals surface area contributed by atoms with Gasteiger partial charge in [0.2, 0.25) is 23.2 Å². The molecule has 3 aromatic rings. The van der Waals surface area contributed by atoms with Crippen LogP contribution in [0.5, 0.6) is 11.6 Å². The minimum atomic E-state index is -0.758. The summed E-state index contributed by atoms with van der Waals surface area (Å²) in [6.45, 7) is 3.98. The molecule has 1 amide bonds. The number of para-hydroxylation sites is 2. The number of aromatic nitrogens is 3. The maximum absolute atomic E-state index is 13.2. The van der Waals surface area contributed by atoms with Crippen molar-refractivity contribution in [1.29, 1.82) is 0 Å². The molecule has 7 nitrogen and oxygen atoms in total. The fourth-order valence-electron chi connectivity index (χ4n) is 3.60. The first kappa shape index (κ1) is 22.1. The zero-order chi connectivity index (χ0) is 22.5. The van der Waals surface area contributed by atoms with Gasteiger partial charge in [-0.2, -0.15) is 4.98 Å². The predicted octanol–water partition coefficient (Wildman–Crippen LogP) is 5.27. The number of methoxy groups -OCH3 is 1. The van der Waals surface area contributed by atoms with E-state index >= 15 is 0 Å². The summed E-state index contributed by atoms with van der Waals surface area (Å²) in [4.78, 5) is 19.6. The van der Waals surface area contributed by atoms with E-state index in [1.54, 1.807) is 23.8 Å². The lowest BCUT2D eigenvalue weighted by Crippen LogP contribution is -2.37. The summed E-state index contributed by atoms with van der Waals surface area (Å²) in [6, 6.07) is 15.2. The van der Waals surface area contributed by atoms with Gasteiger partial charge in [-0.3, -0.25) is 9.69 Å². The molecule has 0 saturated carbocycles. The van der Waals surface area contributed by atoms with Crippen LogP contribution in [-0.4, -0.2) is 34.0 Å². The average Bonchev–Trinajstić information content (AvgIpc) is 2.98. The van der Waals surface area contributed by atoms with Crippen LogP contribution in [0.4, 0.5) is 5.69 Å². The standard InChI is InChI=1S/C24H26N4O3S/c1-4-6-15-32-24-25-22-21(26-27-24)16-11-7-9-13-18(16)28(20(29)5-2)23(31-22)17-12-8-10-14-19(17)30-3/h7-14,23H,4-6,15H2,1-3H3/t23-/m0/s1. The molecule has 0 bridgehead atoms. The van der Waals surface area contributed by atoms with Crippen LogP contribution >= 0.6 is 11.8 Å². The fraction of sp³-hybridized carbons (Fsp3) is 0.333. The monoisotopic (exact) mass is 450 g/mol. The fourth-order valence-corrected chi connectivity index (χ4v) is 4.46. The molecular formula is C24H26N4O3S. The molecule has 166 valence electrons. The summed E-state index contributed by atoms with van der Waals surface area (Å²) in [5.41, 5.74) is 2.72. The van der Waals surface area contributed by atoms with Crippen molar-refractivity contribution in [2.45, 2.75) is 44.5 Å². The van der Waals surface area contributed by atoms with Gasteiger partial charge >= 0.3 is 0 Å². The van der Waals surface area contributed by atoms with E-state index in [1.165, 1.54) is 0 Å². The van der Waals surface area contributed by atoms with Gasteiger partial charge in [0.05, 0.1) is 18.4 Å². The Kier molecular flexibility index (Phi) is 6.90. The average molecular weight is 451 g/mol. The Morgan fingerprint density at radius 2 is 1.91 bits per heavy atom. The van der Waals surface area contributed by atoms with E-state index in [2.05, 4.69) is 22.1 Å². The number of amides is 1. The van der Waals surface area contributed by atoms with Crippen molar-refractivity contribution in [1.82, 2.24) is 15.2 Å². The summed E-state index contributed by atoms with van der Waals surface area (Å²) in [5.74, 6) is 1.82. The van der Waals surface area contributed by atoms with E-state index in [0.717, 1.165) is 29.7 Å². The van der Waals surface area contributed by atoms with Crippen molar-refractivity contribution in [3.8, 4) is 22.9 Å². The zero-order valence-electron chi connectivity index (χ0n) is 18.4. The highest BCUT2D eigenvalue weighted by atomic mass is 32.2. The first-order valence-corrected chi connectivity index (χ1v) is 11.7. The van der Waals surface area contributed by atoms with E-state index in [4.69, 9.17) is 9.47 Å². The number of benzene rings is 2. The molecule has 1 aromatic heterocycles. The first-order valence-electron chi connectivity index (χ1n) is 10.8. The second kappa shape index (κ2) is 9.99. The summed E-state index contributed by atoms with van der Waals surface area (Å²) < 4.78 is 12.0. The van der Waals surface area contributed by atoms with Gasteiger partial charge in [-0.15, -0.1) is 10.2 Å². The minimum absolute atomic E-state index is 0.0772. The Balaban J connectivity index is 1.89. The van der Waals surface area contributed by atoms with Crippen LogP contribution in [0, 0.1) is 0 Å². The molecule has 1 aliphatic heterocycles. The highest BCUT2D eigenvalue weighted by molar-refractivity contribution is 7.99. The maximum atomic E-state index is 13.2. The lowest BCUT2D eigenvalue weighted by Gasteiger charge is -2.31. The molecule has 1 aliphatic rings. The van der Waals surface area contributed by atoms with Crippen LogP contribution in [0.15, 0.2) is 53.7 Å². The van der Waals surface area contributed by atoms with Crippen molar-refractivity contribution in [2.75, 3.05) is 17.8 Å². The van der Waals surface area contributed by atoms with Crippen molar-refractivity contribution in [2.24, 2.45) is 0 Å². The molecule has 0 spiro atoms. The topological polar surface area (TPSA) is 77.4 Å². The van der Waals surface area contributed by atoms with E-state index in [1.807, 2.05) is 55.5 Å². The van der Waals surface area contributed by atoms with Gasteiger partial charge in [0, 0.05) is 17.7 Å². The predicted molar refractivity (Wildman–Crippen MR) is 125 cm³/mol. The van der Waals surface area contributed by atoms with Crippen molar-refractivity contribution in [3.63, 3.8) is 0 Å². The summed E-state index contributed by atoms with van der Waals surface area (Å²) in [5, 5.41) is 9.34. The number of rotatable bonds is 7. The Bertz CT molecular complexity index is 1110. The van der Waals surface area contributed by atoms with Crippen LogP contribution in [-0.2, 0) is 4.79 Å². The van der Waals surface area contributed by atoms with Gasteiger partial charge in [0.25, 0.3) is 0 Å². The number of carbonyl (C=O) groups is 1. The summed E-state index contributed by atoms with van der Waals surface area (Å²) in [7, 11) is 1.61. The lowest BCUT2D eigenvalue weighted by atomic mass is 10.1. The van der Waals surface area contributed by atoms with Crippen LogP contribution in [0.1, 0.15) is 44.9 Å². The summed E-state index contributed by atoms with van der Waals surface area (Å²) >= 11 is 1.55. The number of unbranched alkanes of at least 4 members (excludes halogenated alkanes) is 1. The number of hydrogen-bond acceptors (Lipinski definition) is 7. The maximum Gasteiger partial charge on any atom is 0.247 e. The molecule has 32 heavy (non-hydrogen) atoms. The zero-order valence-corrected chi connectivity index (χ0v) is 19.3. The molecule has 2 heterocycles. The molecule has 0 aliphatic carbocycles. The van der Waals surface area contributed by atoms with Gasteiger partial charge in [0.15, 0.2) is 5.69 Å². The first-order chi connectivity index (χ1) is 15.7. The Hall–Kier alpha value is -3.13. The molecule has 0 radical (unpaired) electrons. The second-order valence-electron chi connectivity index (χ2n) is 7.30. The normalized spacial score (nSPS) is 14.7. The Morgan fingerprint density at radius 1 is 1.12 bits per heavy atom. The van der Waals surface area contributed by atoms with E-state index in [-0.39, 0.29) is 5.91 Å². The Morgan fingerprint density at radius 3 is 2.69 bits per heavy atom. The summed E-state index contributed by atoms with van der Waals surface area (Å²) in [6.07, 6.45) is 1.72. The van der Waals surface area contributed by atoms with Crippen LogP contribution in [0.25, 0.3) is 11.3 Å². The SMILES string of the molecule is CCCCSc1nnc2c(n1)O[C@@H](c1ccccc1OC)N(C(=O)CC)c1ccccc1-2. The number of fused-ring (bicyclic) bond motifs is 3. The van der Waals surface area contributed by atoms with Crippen LogP contribution in [0.3, 0.4) is 0 Å². The molecule has 0 fully saturated rings. The molecular weight excluding hydrogens is 424 g/mol. The van der Waals surface area contributed by atoms with Gasteiger partial charge in [-0.25, -0.2) is 0 Å². The number of hydrogen-bond donors (Lipinski definition) is 0. The van der Waals surface area contributed by atoms with Gasteiger partial charge in [-0.1, -0.05) is 62.4 Å². The largest absolute Gasteiger partial charge is 0.496 e. The molecule has 8 heteroatoms. The molecule has 4 rings (SSSR count). The number of anilines is 1. The van der Waals surface area contributed by atoms with Crippen LogP contribution in [0.2, 0.25) is 0 Å². The van der Waals surface area contributed by atoms with E-state index in [0.29, 0.717) is 34.6 Å². The smallest absolute Gasteiger partial charge is 0.247 e. The third kappa shape index (κ3) is 4.27. The van der Waals surface area contributed by atoms with E-state index < -0.39 is 6.23 Å². The van der Waals surface area contributed by atoms with Gasteiger partial charge < -0.3 is 9.47 Å².